The molecule has 0 atom stereocenters. The van der Waals surface area contributed by atoms with Crippen LogP contribution >= 0.6 is 11.6 Å². The van der Waals surface area contributed by atoms with E-state index in [-0.39, 0.29) is 17.1 Å². The number of carbonyl (C=O) groups excluding carboxylic acids is 2. The molecule has 0 bridgehead atoms. The fourth-order valence-corrected chi connectivity index (χ4v) is 2.02. The van der Waals surface area contributed by atoms with Crippen molar-refractivity contribution in [1.82, 2.24) is 4.98 Å². The minimum atomic E-state index is -0.827. The molecular formula is C15H12ClN3O5. The summed E-state index contributed by atoms with van der Waals surface area (Å²) in [6.45, 7) is 1.00. The van der Waals surface area contributed by atoms with Gasteiger partial charge in [0.15, 0.2) is 6.61 Å². The van der Waals surface area contributed by atoms with Gasteiger partial charge in [-0.25, -0.2) is 9.78 Å². The van der Waals surface area contributed by atoms with Crippen molar-refractivity contribution in [1.29, 1.82) is 0 Å². The van der Waals surface area contributed by atoms with Gasteiger partial charge in [0.2, 0.25) is 0 Å². The van der Waals surface area contributed by atoms with Gasteiger partial charge in [-0.05, 0) is 24.6 Å². The van der Waals surface area contributed by atoms with Crippen LogP contribution in [-0.4, -0.2) is 28.4 Å². The molecule has 0 aliphatic carbocycles. The molecule has 0 fully saturated rings. The number of anilines is 1. The summed E-state index contributed by atoms with van der Waals surface area (Å²) in [7, 11) is 0. The van der Waals surface area contributed by atoms with Crippen molar-refractivity contribution in [2.75, 3.05) is 11.9 Å². The van der Waals surface area contributed by atoms with Crippen LogP contribution in [0.1, 0.15) is 16.1 Å². The Balaban J connectivity index is 2.02. The maximum Gasteiger partial charge on any atom is 0.357 e. The van der Waals surface area contributed by atoms with E-state index < -0.39 is 23.4 Å². The molecule has 0 unspecified atom stereocenters. The highest BCUT2D eigenvalue weighted by Crippen LogP contribution is 2.27. The van der Waals surface area contributed by atoms with Crippen LogP contribution < -0.4 is 5.32 Å². The second kappa shape index (κ2) is 7.51. The minimum absolute atomic E-state index is 0.0443. The van der Waals surface area contributed by atoms with Crippen LogP contribution in [0.15, 0.2) is 36.5 Å². The van der Waals surface area contributed by atoms with Crippen molar-refractivity contribution in [2.45, 2.75) is 6.92 Å². The molecule has 8 nitrogen and oxygen atoms in total. The third kappa shape index (κ3) is 4.26. The van der Waals surface area contributed by atoms with Gasteiger partial charge in [0, 0.05) is 17.3 Å². The summed E-state index contributed by atoms with van der Waals surface area (Å²) in [5, 5.41) is 13.7. The molecule has 9 heteroatoms. The minimum Gasteiger partial charge on any atom is -0.451 e. The number of aryl methyl sites for hydroxylation is 1. The highest BCUT2D eigenvalue weighted by molar-refractivity contribution is 6.30. The molecule has 0 radical (unpaired) electrons. The first-order valence-corrected chi connectivity index (χ1v) is 7.09. The standard InChI is InChI=1S/C15H12ClN3O5/c1-9-3-2-4-12(19(22)23)14(9)18-13(20)8-24-15(21)11-7-10(16)5-6-17-11/h2-7H,8H2,1H3,(H,18,20). The third-order valence-electron chi connectivity index (χ3n) is 2.98. The number of hydrogen-bond donors (Lipinski definition) is 1. The van der Waals surface area contributed by atoms with Gasteiger partial charge in [-0.1, -0.05) is 23.7 Å². The number of carbonyl (C=O) groups is 2. The Kier molecular flexibility index (Phi) is 5.43. The maximum atomic E-state index is 11.9. The topological polar surface area (TPSA) is 111 Å². The number of nitro groups is 1. The van der Waals surface area contributed by atoms with Crippen LogP contribution in [0.25, 0.3) is 0 Å². The number of amides is 1. The van der Waals surface area contributed by atoms with Crippen LogP contribution in [0.2, 0.25) is 5.02 Å². The summed E-state index contributed by atoms with van der Waals surface area (Å²) in [6, 6.07) is 7.18. The zero-order valence-electron chi connectivity index (χ0n) is 12.5. The van der Waals surface area contributed by atoms with Crippen LogP contribution in [0.4, 0.5) is 11.4 Å². The van der Waals surface area contributed by atoms with Gasteiger partial charge in [-0.3, -0.25) is 14.9 Å². The zero-order chi connectivity index (χ0) is 17.7. The third-order valence-corrected chi connectivity index (χ3v) is 3.21. The molecule has 1 aromatic heterocycles. The van der Waals surface area contributed by atoms with E-state index in [4.69, 9.17) is 16.3 Å². The quantitative estimate of drug-likeness (QED) is 0.504. The molecule has 2 rings (SSSR count). The lowest BCUT2D eigenvalue weighted by molar-refractivity contribution is -0.384. The van der Waals surface area contributed by atoms with E-state index in [1.165, 1.54) is 30.5 Å². The van der Waals surface area contributed by atoms with Crippen molar-refractivity contribution >= 4 is 34.9 Å². The number of nitrogens with one attached hydrogen (secondary N) is 1. The Hall–Kier alpha value is -3.00. The predicted octanol–water partition coefficient (Wildman–Crippen LogP) is 2.75. The average molecular weight is 350 g/mol. The largest absolute Gasteiger partial charge is 0.451 e. The lowest BCUT2D eigenvalue weighted by Gasteiger charge is -2.09. The van der Waals surface area contributed by atoms with Gasteiger partial charge >= 0.3 is 5.97 Å². The normalized spacial score (nSPS) is 10.1. The monoisotopic (exact) mass is 349 g/mol. The SMILES string of the molecule is Cc1cccc([N+](=O)[O-])c1NC(=O)COC(=O)c1cc(Cl)ccn1. The number of nitro benzene ring substituents is 1. The number of pyridine rings is 1. The number of hydrogen-bond acceptors (Lipinski definition) is 6. The van der Waals surface area contributed by atoms with Gasteiger partial charge < -0.3 is 10.1 Å². The fraction of sp³-hybridized carbons (Fsp3) is 0.133. The second-order valence-electron chi connectivity index (χ2n) is 4.71. The summed E-state index contributed by atoms with van der Waals surface area (Å²) in [5.74, 6) is -1.53. The summed E-state index contributed by atoms with van der Waals surface area (Å²) in [4.78, 5) is 37.8. The summed E-state index contributed by atoms with van der Waals surface area (Å²) in [6.07, 6.45) is 1.33. The smallest absolute Gasteiger partial charge is 0.357 e. The number of benzene rings is 1. The first-order chi connectivity index (χ1) is 11.4. The Morgan fingerprint density at radius 2 is 2.12 bits per heavy atom. The first-order valence-electron chi connectivity index (χ1n) is 6.71. The number of esters is 1. The molecule has 0 aliphatic rings. The van der Waals surface area contributed by atoms with Gasteiger partial charge in [-0.15, -0.1) is 0 Å². The number of para-hydroxylation sites is 1. The van der Waals surface area contributed by atoms with E-state index in [1.54, 1.807) is 13.0 Å². The van der Waals surface area contributed by atoms with E-state index in [2.05, 4.69) is 10.3 Å². The number of ether oxygens (including phenoxy) is 1. The Morgan fingerprint density at radius 3 is 2.79 bits per heavy atom. The van der Waals surface area contributed by atoms with Gasteiger partial charge in [0.05, 0.1) is 4.92 Å². The Bertz CT molecular complexity index is 809. The number of nitrogens with zero attached hydrogens (tertiary/aromatic N) is 2. The Labute approximate surface area is 141 Å². The molecule has 0 saturated carbocycles. The Morgan fingerprint density at radius 1 is 1.38 bits per heavy atom. The second-order valence-corrected chi connectivity index (χ2v) is 5.15. The van der Waals surface area contributed by atoms with E-state index in [1.807, 2.05) is 0 Å². The molecular weight excluding hydrogens is 338 g/mol. The van der Waals surface area contributed by atoms with Crippen molar-refractivity contribution < 1.29 is 19.2 Å². The molecule has 24 heavy (non-hydrogen) atoms. The number of aromatic nitrogens is 1. The molecule has 1 amide bonds. The summed E-state index contributed by atoms with van der Waals surface area (Å²) in [5.41, 5.74) is 0.285. The fourth-order valence-electron chi connectivity index (χ4n) is 1.86. The van der Waals surface area contributed by atoms with Crippen LogP contribution in [0, 0.1) is 17.0 Å². The summed E-state index contributed by atoms with van der Waals surface area (Å²) >= 11 is 5.73. The number of halogens is 1. The molecule has 1 N–H and O–H groups in total. The maximum absolute atomic E-state index is 11.9. The average Bonchev–Trinajstić information content (AvgIpc) is 2.54. The zero-order valence-corrected chi connectivity index (χ0v) is 13.2. The molecule has 124 valence electrons. The van der Waals surface area contributed by atoms with Gasteiger partial charge in [0.25, 0.3) is 11.6 Å². The molecule has 2 aromatic rings. The van der Waals surface area contributed by atoms with Crippen LogP contribution in [-0.2, 0) is 9.53 Å². The van der Waals surface area contributed by atoms with Crippen LogP contribution in [0.5, 0.6) is 0 Å². The molecule has 0 spiro atoms. The van der Waals surface area contributed by atoms with Crippen molar-refractivity contribution in [2.24, 2.45) is 0 Å². The molecule has 1 aromatic carbocycles. The van der Waals surface area contributed by atoms with E-state index in [0.717, 1.165) is 0 Å². The van der Waals surface area contributed by atoms with Crippen LogP contribution in [0.3, 0.4) is 0 Å². The van der Waals surface area contributed by atoms with Crippen molar-refractivity contribution in [3.8, 4) is 0 Å². The van der Waals surface area contributed by atoms with Crippen molar-refractivity contribution in [3.63, 3.8) is 0 Å². The number of rotatable bonds is 5. The lowest BCUT2D eigenvalue weighted by atomic mass is 10.1. The van der Waals surface area contributed by atoms with E-state index >= 15 is 0 Å². The van der Waals surface area contributed by atoms with E-state index in [0.29, 0.717) is 10.6 Å². The van der Waals surface area contributed by atoms with E-state index in [9.17, 15) is 19.7 Å². The molecule has 1 heterocycles. The summed E-state index contributed by atoms with van der Waals surface area (Å²) < 4.78 is 4.82. The predicted molar refractivity (Wildman–Crippen MR) is 86.0 cm³/mol. The first kappa shape index (κ1) is 17.4. The highest BCUT2D eigenvalue weighted by atomic mass is 35.5. The molecule has 0 saturated heterocycles. The highest BCUT2D eigenvalue weighted by Gasteiger charge is 2.19. The van der Waals surface area contributed by atoms with Gasteiger partial charge in [0.1, 0.15) is 11.4 Å². The van der Waals surface area contributed by atoms with Gasteiger partial charge in [-0.2, -0.15) is 0 Å². The van der Waals surface area contributed by atoms with Crippen molar-refractivity contribution in [3.05, 3.63) is 62.9 Å². The molecule has 0 aliphatic heterocycles. The lowest BCUT2D eigenvalue weighted by Crippen LogP contribution is -2.22.